The van der Waals surface area contributed by atoms with Gasteiger partial charge in [0.25, 0.3) is 0 Å². The lowest BCUT2D eigenvalue weighted by molar-refractivity contribution is -0.753. The standard InChI is InChI=1S/C13H17N4O3P.C2H6O/c1-2-20-21(18,19)10-4-8-17-9-5-12(11-16-17)13-14-6-3-7-15-13;1-3-2/h3,5-7,9,11H,2,4,8,10H2,1H3;1-2H3/p+1. The Labute approximate surface area is 142 Å². The normalized spacial score (nSPS) is 12.8. The van der Waals surface area contributed by atoms with Gasteiger partial charge in [0, 0.05) is 44.7 Å². The fraction of sp³-hybridized carbons (Fsp3) is 0.467. The summed E-state index contributed by atoms with van der Waals surface area (Å²) < 4.78 is 22.3. The molecular formula is C15H24N4O4P+. The summed E-state index contributed by atoms with van der Waals surface area (Å²) in [5.41, 5.74) is 0.828. The molecule has 2 heterocycles. The third-order valence-electron chi connectivity index (χ3n) is 2.75. The van der Waals surface area contributed by atoms with Gasteiger partial charge < -0.3 is 14.2 Å². The molecule has 24 heavy (non-hydrogen) atoms. The van der Waals surface area contributed by atoms with Crippen molar-refractivity contribution in [3.63, 3.8) is 0 Å². The van der Waals surface area contributed by atoms with E-state index in [0.29, 0.717) is 18.8 Å². The molecule has 0 fully saturated rings. The van der Waals surface area contributed by atoms with E-state index in [2.05, 4.69) is 19.8 Å². The number of aryl methyl sites for hydroxylation is 1. The highest BCUT2D eigenvalue weighted by molar-refractivity contribution is 7.52. The lowest BCUT2D eigenvalue weighted by Crippen LogP contribution is -2.37. The summed E-state index contributed by atoms with van der Waals surface area (Å²) in [6.07, 6.45) is 7.47. The zero-order valence-electron chi connectivity index (χ0n) is 14.2. The van der Waals surface area contributed by atoms with Gasteiger partial charge in [-0.3, -0.25) is 4.57 Å². The summed E-state index contributed by atoms with van der Waals surface area (Å²) in [5.74, 6) is 0.619. The molecule has 8 nitrogen and oxygen atoms in total. The Bertz CT molecular complexity index is 625. The van der Waals surface area contributed by atoms with Crippen LogP contribution in [0.2, 0.25) is 0 Å². The molecule has 9 heteroatoms. The highest BCUT2D eigenvalue weighted by Crippen LogP contribution is 2.41. The number of ether oxygens (including phenoxy) is 1. The number of aromatic nitrogens is 4. The third-order valence-corrected chi connectivity index (χ3v) is 4.30. The van der Waals surface area contributed by atoms with Crippen molar-refractivity contribution < 1.29 is 23.4 Å². The molecule has 0 spiro atoms. The summed E-state index contributed by atoms with van der Waals surface area (Å²) in [4.78, 5) is 17.8. The van der Waals surface area contributed by atoms with E-state index in [0.717, 1.165) is 5.56 Å². The van der Waals surface area contributed by atoms with Crippen molar-refractivity contribution >= 4 is 7.60 Å². The second-order valence-corrected chi connectivity index (χ2v) is 6.77. The van der Waals surface area contributed by atoms with Gasteiger partial charge in [-0.25, -0.2) is 9.97 Å². The molecule has 2 aromatic rings. The largest absolute Gasteiger partial charge is 0.388 e. The van der Waals surface area contributed by atoms with Crippen LogP contribution in [-0.2, 0) is 20.4 Å². The summed E-state index contributed by atoms with van der Waals surface area (Å²) >= 11 is 0. The minimum atomic E-state index is -3.45. The summed E-state index contributed by atoms with van der Waals surface area (Å²) in [5, 5.41) is 4.25. The quantitative estimate of drug-likeness (QED) is 0.596. The number of rotatable bonds is 7. The average Bonchev–Trinajstić information content (AvgIpc) is 2.57. The van der Waals surface area contributed by atoms with E-state index < -0.39 is 7.60 Å². The Kier molecular flexibility index (Phi) is 9.26. The van der Waals surface area contributed by atoms with Crippen LogP contribution in [0.15, 0.2) is 36.9 Å². The van der Waals surface area contributed by atoms with Crippen LogP contribution in [0.25, 0.3) is 11.4 Å². The molecule has 132 valence electrons. The number of hydrogen-bond donors (Lipinski definition) is 1. The Morgan fingerprint density at radius 3 is 2.50 bits per heavy atom. The van der Waals surface area contributed by atoms with Crippen LogP contribution in [0.5, 0.6) is 0 Å². The summed E-state index contributed by atoms with van der Waals surface area (Å²) in [6, 6.07) is 3.62. The first-order valence-electron chi connectivity index (χ1n) is 7.52. The molecule has 0 radical (unpaired) electrons. The first-order chi connectivity index (χ1) is 11.5. The molecule has 2 aromatic heterocycles. The Morgan fingerprint density at radius 1 is 1.29 bits per heavy atom. The highest BCUT2D eigenvalue weighted by atomic mass is 31.2. The highest BCUT2D eigenvalue weighted by Gasteiger charge is 2.19. The third kappa shape index (κ3) is 7.70. The number of methoxy groups -OCH3 is 1. The van der Waals surface area contributed by atoms with E-state index in [1.165, 1.54) is 0 Å². The first kappa shape index (κ1) is 20.3. The molecule has 0 aliphatic carbocycles. The van der Waals surface area contributed by atoms with E-state index >= 15 is 0 Å². The maximum absolute atomic E-state index is 11.5. The van der Waals surface area contributed by atoms with Crippen LogP contribution < -0.4 is 4.68 Å². The fourth-order valence-corrected chi connectivity index (χ4v) is 2.87. The van der Waals surface area contributed by atoms with Crippen molar-refractivity contribution in [2.24, 2.45) is 0 Å². The number of nitrogens with zero attached hydrogens (tertiary/aromatic N) is 4. The van der Waals surface area contributed by atoms with Gasteiger partial charge in [0.2, 0.25) is 0 Å². The molecular weight excluding hydrogens is 331 g/mol. The van der Waals surface area contributed by atoms with Crippen molar-refractivity contribution in [1.82, 2.24) is 15.1 Å². The van der Waals surface area contributed by atoms with Crippen molar-refractivity contribution in [2.45, 2.75) is 19.9 Å². The molecule has 2 rings (SSSR count). The van der Waals surface area contributed by atoms with Crippen molar-refractivity contribution in [2.75, 3.05) is 27.0 Å². The zero-order chi connectivity index (χ0) is 17.8. The van der Waals surface area contributed by atoms with Gasteiger partial charge in [-0.2, -0.15) is 0 Å². The van der Waals surface area contributed by atoms with Gasteiger partial charge in [0.05, 0.1) is 12.8 Å². The second kappa shape index (κ2) is 10.9. The molecule has 0 aliphatic rings. The molecule has 1 unspecified atom stereocenters. The SMILES string of the molecule is CCOP(=O)(O)CCC[n+]1ccc(-c2ncccn2)cn1.COC. The monoisotopic (exact) mass is 355 g/mol. The van der Waals surface area contributed by atoms with Gasteiger partial charge >= 0.3 is 7.60 Å². The lowest BCUT2D eigenvalue weighted by atomic mass is 10.3. The predicted octanol–water partition coefficient (Wildman–Crippen LogP) is 1.70. The van der Waals surface area contributed by atoms with Crippen molar-refractivity contribution in [3.05, 3.63) is 36.9 Å². The lowest BCUT2D eigenvalue weighted by Gasteiger charge is -2.08. The molecule has 0 bridgehead atoms. The minimum absolute atomic E-state index is 0.124. The van der Waals surface area contributed by atoms with Gasteiger partial charge in [-0.15, -0.1) is 0 Å². The Balaban J connectivity index is 0.000000891. The second-order valence-electron chi connectivity index (χ2n) is 4.79. The van der Waals surface area contributed by atoms with Crippen LogP contribution in [0, 0.1) is 0 Å². The fourth-order valence-electron chi connectivity index (χ4n) is 1.80. The summed E-state index contributed by atoms with van der Waals surface area (Å²) in [7, 11) is -0.198. The van der Waals surface area contributed by atoms with Crippen molar-refractivity contribution in [1.29, 1.82) is 0 Å². The molecule has 1 atom stereocenters. The van der Waals surface area contributed by atoms with Crippen LogP contribution in [0.3, 0.4) is 0 Å². The van der Waals surface area contributed by atoms with Crippen LogP contribution >= 0.6 is 7.60 Å². The topological polar surface area (TPSA) is 98.3 Å². The number of hydrogen-bond acceptors (Lipinski definition) is 6. The van der Waals surface area contributed by atoms with Crippen LogP contribution in [0.4, 0.5) is 0 Å². The molecule has 1 N–H and O–H groups in total. The van der Waals surface area contributed by atoms with E-state index in [4.69, 9.17) is 4.52 Å². The molecule has 0 amide bonds. The minimum Gasteiger partial charge on any atom is -0.388 e. The van der Waals surface area contributed by atoms with Crippen molar-refractivity contribution in [3.8, 4) is 11.4 Å². The van der Waals surface area contributed by atoms with E-state index in [1.54, 1.807) is 56.7 Å². The first-order valence-corrected chi connectivity index (χ1v) is 9.28. The summed E-state index contributed by atoms with van der Waals surface area (Å²) in [6.45, 7) is 2.49. The molecule has 0 aliphatic heterocycles. The Morgan fingerprint density at radius 2 is 1.96 bits per heavy atom. The van der Waals surface area contributed by atoms with E-state index in [-0.39, 0.29) is 12.8 Å². The maximum Gasteiger partial charge on any atom is 0.328 e. The van der Waals surface area contributed by atoms with Gasteiger partial charge in [-0.05, 0) is 18.1 Å². The van der Waals surface area contributed by atoms with Gasteiger partial charge in [0.15, 0.2) is 18.6 Å². The van der Waals surface area contributed by atoms with Crippen LogP contribution in [-0.4, -0.2) is 46.9 Å². The maximum atomic E-state index is 11.5. The van der Waals surface area contributed by atoms with E-state index in [1.807, 2.05) is 6.07 Å². The van der Waals surface area contributed by atoms with E-state index in [9.17, 15) is 9.46 Å². The zero-order valence-corrected chi connectivity index (χ0v) is 15.1. The average molecular weight is 355 g/mol. The Hall–Kier alpha value is -1.73. The molecule has 0 saturated carbocycles. The molecule has 0 saturated heterocycles. The smallest absolute Gasteiger partial charge is 0.328 e. The molecule has 0 aromatic carbocycles. The van der Waals surface area contributed by atoms with Crippen LogP contribution in [0.1, 0.15) is 13.3 Å². The van der Waals surface area contributed by atoms with Gasteiger partial charge in [0.1, 0.15) is 6.20 Å². The van der Waals surface area contributed by atoms with Gasteiger partial charge in [-0.1, -0.05) is 4.68 Å². The predicted molar refractivity (Wildman–Crippen MR) is 89.3 cm³/mol.